The van der Waals surface area contributed by atoms with Gasteiger partial charge in [-0.15, -0.1) is 0 Å². The van der Waals surface area contributed by atoms with Crippen LogP contribution in [0.5, 0.6) is 0 Å². The summed E-state index contributed by atoms with van der Waals surface area (Å²) in [5.41, 5.74) is 2.50. The van der Waals surface area contributed by atoms with E-state index in [1.807, 2.05) is 17.0 Å². The number of nitrogens with zero attached hydrogens (tertiary/aromatic N) is 1. The van der Waals surface area contributed by atoms with Gasteiger partial charge < -0.3 is 4.90 Å². The summed E-state index contributed by atoms with van der Waals surface area (Å²) >= 11 is 4.29. The highest BCUT2D eigenvalue weighted by atomic mass is 32.1. The highest BCUT2D eigenvalue weighted by Crippen LogP contribution is 2.30. The lowest BCUT2D eigenvalue weighted by atomic mass is 10.0. The van der Waals surface area contributed by atoms with Gasteiger partial charge in [-0.1, -0.05) is 24.3 Å². The fourth-order valence-corrected chi connectivity index (χ4v) is 2.77. The lowest BCUT2D eigenvalue weighted by Gasteiger charge is -2.26. The molecule has 2 rings (SSSR count). The zero-order chi connectivity index (χ0) is 12.4. The minimum Gasteiger partial charge on any atom is -0.336 e. The van der Waals surface area contributed by atoms with E-state index >= 15 is 0 Å². The normalized spacial score (nSPS) is 21.9. The number of thiol groups is 1. The topological polar surface area (TPSA) is 20.3 Å². The summed E-state index contributed by atoms with van der Waals surface area (Å²) in [5, 5.41) is 0. The van der Waals surface area contributed by atoms with Crippen LogP contribution in [0.3, 0.4) is 0 Å². The molecule has 2 unspecified atom stereocenters. The number of aryl methyl sites for hydroxylation is 1. The van der Waals surface area contributed by atoms with E-state index in [2.05, 4.69) is 38.6 Å². The zero-order valence-corrected chi connectivity index (χ0v) is 11.3. The molecular weight excluding hydrogens is 230 g/mol. The van der Waals surface area contributed by atoms with Crippen LogP contribution in [0.15, 0.2) is 24.3 Å². The number of benzene rings is 1. The first kappa shape index (κ1) is 12.5. The third kappa shape index (κ3) is 2.49. The second-order valence-corrected chi connectivity index (χ2v) is 5.20. The molecule has 0 spiro atoms. The van der Waals surface area contributed by atoms with Gasteiger partial charge in [0, 0.05) is 13.0 Å². The van der Waals surface area contributed by atoms with Gasteiger partial charge in [-0.05, 0) is 36.6 Å². The van der Waals surface area contributed by atoms with Crippen LogP contribution in [0.2, 0.25) is 0 Å². The number of likely N-dealkylation sites (tertiary alicyclic amines) is 1. The maximum Gasteiger partial charge on any atom is 0.223 e. The van der Waals surface area contributed by atoms with E-state index in [1.165, 1.54) is 11.1 Å². The number of carbonyl (C=O) groups is 1. The maximum absolute atomic E-state index is 12.0. The Labute approximate surface area is 108 Å². The molecular formula is C14H19NOS. The van der Waals surface area contributed by atoms with Crippen molar-refractivity contribution in [2.75, 3.05) is 12.3 Å². The third-order valence-corrected chi connectivity index (χ3v) is 4.12. The van der Waals surface area contributed by atoms with Gasteiger partial charge in [0.15, 0.2) is 0 Å². The van der Waals surface area contributed by atoms with Crippen LogP contribution in [-0.4, -0.2) is 23.1 Å². The largest absolute Gasteiger partial charge is 0.336 e. The van der Waals surface area contributed by atoms with E-state index in [1.54, 1.807) is 0 Å². The SMILES string of the molecule is Cc1ccccc1C(C)N1CC(CS)CC1=O. The van der Waals surface area contributed by atoms with Crippen LogP contribution >= 0.6 is 12.6 Å². The molecule has 0 aromatic heterocycles. The minimum absolute atomic E-state index is 0.175. The van der Waals surface area contributed by atoms with Gasteiger partial charge in [0.25, 0.3) is 0 Å². The van der Waals surface area contributed by atoms with Crippen LogP contribution in [0, 0.1) is 12.8 Å². The molecule has 1 heterocycles. The smallest absolute Gasteiger partial charge is 0.223 e. The van der Waals surface area contributed by atoms with Crippen LogP contribution in [0.4, 0.5) is 0 Å². The van der Waals surface area contributed by atoms with Gasteiger partial charge in [0.1, 0.15) is 0 Å². The van der Waals surface area contributed by atoms with Crippen molar-refractivity contribution >= 4 is 18.5 Å². The number of amides is 1. The Morgan fingerprint density at radius 2 is 2.18 bits per heavy atom. The van der Waals surface area contributed by atoms with Crippen molar-refractivity contribution < 1.29 is 4.79 Å². The van der Waals surface area contributed by atoms with Gasteiger partial charge in [0.2, 0.25) is 5.91 Å². The average Bonchev–Trinajstić information content (AvgIpc) is 2.70. The number of carbonyl (C=O) groups excluding carboxylic acids is 1. The summed E-state index contributed by atoms with van der Waals surface area (Å²) < 4.78 is 0. The molecule has 1 aliphatic heterocycles. The third-order valence-electron chi connectivity index (χ3n) is 3.60. The van der Waals surface area contributed by atoms with E-state index in [9.17, 15) is 4.79 Å². The van der Waals surface area contributed by atoms with Crippen LogP contribution in [0.25, 0.3) is 0 Å². The Kier molecular flexibility index (Phi) is 3.77. The molecule has 17 heavy (non-hydrogen) atoms. The van der Waals surface area contributed by atoms with E-state index < -0.39 is 0 Å². The van der Waals surface area contributed by atoms with E-state index in [4.69, 9.17) is 0 Å². The Morgan fingerprint density at radius 1 is 1.47 bits per heavy atom. The first-order valence-corrected chi connectivity index (χ1v) is 6.72. The van der Waals surface area contributed by atoms with Crippen molar-refractivity contribution in [3.05, 3.63) is 35.4 Å². The van der Waals surface area contributed by atoms with Crippen molar-refractivity contribution in [1.29, 1.82) is 0 Å². The van der Waals surface area contributed by atoms with Gasteiger partial charge in [-0.25, -0.2) is 0 Å². The van der Waals surface area contributed by atoms with E-state index in [0.29, 0.717) is 12.3 Å². The summed E-state index contributed by atoms with van der Waals surface area (Å²) in [6.45, 7) is 5.06. The molecule has 1 aromatic rings. The molecule has 92 valence electrons. The van der Waals surface area contributed by atoms with E-state index in [0.717, 1.165) is 12.3 Å². The molecule has 3 heteroatoms. The molecule has 1 aromatic carbocycles. The predicted octanol–water partition coefficient (Wildman–Crippen LogP) is 2.83. The molecule has 1 aliphatic rings. The quantitative estimate of drug-likeness (QED) is 0.817. The lowest BCUT2D eigenvalue weighted by molar-refractivity contribution is -0.129. The first-order chi connectivity index (χ1) is 8.13. The summed E-state index contributed by atoms with van der Waals surface area (Å²) in [7, 11) is 0. The molecule has 1 fully saturated rings. The first-order valence-electron chi connectivity index (χ1n) is 6.09. The maximum atomic E-state index is 12.0. The number of rotatable bonds is 3. The van der Waals surface area contributed by atoms with Crippen molar-refractivity contribution in [1.82, 2.24) is 4.90 Å². The molecule has 2 atom stereocenters. The molecule has 1 amide bonds. The highest BCUT2D eigenvalue weighted by Gasteiger charge is 2.32. The van der Waals surface area contributed by atoms with Gasteiger partial charge in [0.05, 0.1) is 6.04 Å². The Morgan fingerprint density at radius 3 is 2.76 bits per heavy atom. The van der Waals surface area contributed by atoms with E-state index in [-0.39, 0.29) is 11.9 Å². The monoisotopic (exact) mass is 249 g/mol. The van der Waals surface area contributed by atoms with Gasteiger partial charge in [-0.3, -0.25) is 4.79 Å². The standard InChI is InChI=1S/C14H19NOS/c1-10-5-3-4-6-13(10)11(2)15-8-12(9-17)7-14(15)16/h3-6,11-12,17H,7-9H2,1-2H3. The second-order valence-electron chi connectivity index (χ2n) is 4.83. The number of hydrogen-bond acceptors (Lipinski definition) is 2. The molecule has 2 nitrogen and oxygen atoms in total. The Bertz CT molecular complexity index is 418. The van der Waals surface area contributed by atoms with Crippen molar-refractivity contribution in [3.63, 3.8) is 0 Å². The predicted molar refractivity (Wildman–Crippen MR) is 73.3 cm³/mol. The summed E-state index contributed by atoms with van der Waals surface area (Å²) in [5.74, 6) is 1.47. The highest BCUT2D eigenvalue weighted by molar-refractivity contribution is 7.80. The lowest BCUT2D eigenvalue weighted by Crippen LogP contribution is -2.29. The molecule has 0 N–H and O–H groups in total. The fraction of sp³-hybridized carbons (Fsp3) is 0.500. The molecule has 0 saturated carbocycles. The average molecular weight is 249 g/mol. The fourth-order valence-electron chi connectivity index (χ4n) is 2.53. The number of hydrogen-bond donors (Lipinski definition) is 1. The molecule has 0 aliphatic carbocycles. The van der Waals surface area contributed by atoms with Gasteiger partial charge in [-0.2, -0.15) is 12.6 Å². The summed E-state index contributed by atoms with van der Waals surface area (Å²) in [6.07, 6.45) is 0.653. The Balaban J connectivity index is 2.18. The van der Waals surface area contributed by atoms with Crippen molar-refractivity contribution in [3.8, 4) is 0 Å². The Hall–Kier alpha value is -0.960. The van der Waals surface area contributed by atoms with Crippen molar-refractivity contribution in [2.24, 2.45) is 5.92 Å². The second kappa shape index (κ2) is 5.13. The molecule has 0 radical (unpaired) electrons. The minimum atomic E-state index is 0.175. The van der Waals surface area contributed by atoms with Crippen LogP contribution in [-0.2, 0) is 4.79 Å². The zero-order valence-electron chi connectivity index (χ0n) is 10.4. The van der Waals surface area contributed by atoms with Crippen LogP contribution < -0.4 is 0 Å². The van der Waals surface area contributed by atoms with Crippen molar-refractivity contribution in [2.45, 2.75) is 26.3 Å². The van der Waals surface area contributed by atoms with Crippen LogP contribution in [0.1, 0.15) is 30.5 Å². The van der Waals surface area contributed by atoms with Gasteiger partial charge >= 0.3 is 0 Å². The molecule has 0 bridgehead atoms. The summed E-state index contributed by atoms with van der Waals surface area (Å²) in [6, 6.07) is 8.46. The molecule has 1 saturated heterocycles. The summed E-state index contributed by atoms with van der Waals surface area (Å²) in [4.78, 5) is 14.0.